The fourth-order valence-corrected chi connectivity index (χ4v) is 2.38. The van der Waals surface area contributed by atoms with Gasteiger partial charge < -0.3 is 14.8 Å². The Labute approximate surface area is 145 Å². The van der Waals surface area contributed by atoms with Crippen molar-refractivity contribution in [3.05, 3.63) is 53.6 Å². The van der Waals surface area contributed by atoms with Crippen molar-refractivity contribution < 1.29 is 14.3 Å². The molecule has 3 rings (SSSR count). The van der Waals surface area contributed by atoms with Crippen molar-refractivity contribution in [2.24, 2.45) is 0 Å². The van der Waals surface area contributed by atoms with Crippen LogP contribution in [0.25, 0.3) is 0 Å². The minimum atomic E-state index is -0.321. The van der Waals surface area contributed by atoms with Crippen LogP contribution in [0.2, 0.25) is 0 Å². The third-order valence-electron chi connectivity index (χ3n) is 3.54. The highest BCUT2D eigenvalue weighted by Crippen LogP contribution is 2.32. The summed E-state index contributed by atoms with van der Waals surface area (Å²) in [5.41, 5.74) is 7.76. The minimum Gasteiger partial charge on any atom is -0.454 e. The zero-order chi connectivity index (χ0) is 16.9. The molecule has 1 amide bonds. The Hall–Kier alpha value is -2.80. The van der Waals surface area contributed by atoms with E-state index in [1.807, 2.05) is 24.3 Å². The average Bonchev–Trinajstić information content (AvgIpc) is 3.08. The Balaban J connectivity index is 1.52. The second kappa shape index (κ2) is 7.18. The summed E-state index contributed by atoms with van der Waals surface area (Å²) in [5.74, 6) is 0.866. The van der Waals surface area contributed by atoms with Gasteiger partial charge in [-0.25, -0.2) is 0 Å². The molecule has 124 valence electrons. The number of thiocarbonyl (C=S) groups is 1. The first kappa shape index (κ1) is 16.1. The first-order valence-corrected chi connectivity index (χ1v) is 7.92. The minimum absolute atomic E-state index is 0.170. The highest BCUT2D eigenvalue weighted by atomic mass is 32.1. The van der Waals surface area contributed by atoms with Gasteiger partial charge in [-0.1, -0.05) is 19.1 Å². The van der Waals surface area contributed by atoms with Crippen LogP contribution in [0.5, 0.6) is 11.5 Å². The number of aryl methyl sites for hydroxylation is 1. The largest absolute Gasteiger partial charge is 0.454 e. The van der Waals surface area contributed by atoms with Gasteiger partial charge in [0, 0.05) is 11.3 Å². The zero-order valence-corrected chi connectivity index (χ0v) is 13.9. The molecule has 7 heteroatoms. The SMILES string of the molecule is CCc1ccc(NC(=S)NNC(=O)c2ccc3c(c2)OCO3)cc1. The molecule has 2 aromatic rings. The molecule has 2 aromatic carbocycles. The number of hydrazine groups is 1. The van der Waals surface area contributed by atoms with Crippen molar-refractivity contribution in [3.63, 3.8) is 0 Å². The van der Waals surface area contributed by atoms with Crippen molar-refractivity contribution in [2.45, 2.75) is 13.3 Å². The maximum Gasteiger partial charge on any atom is 0.269 e. The Morgan fingerprint density at radius 2 is 1.83 bits per heavy atom. The number of ether oxygens (including phenoxy) is 2. The van der Waals surface area contributed by atoms with Crippen LogP contribution in [0.3, 0.4) is 0 Å². The first-order valence-electron chi connectivity index (χ1n) is 7.51. The summed E-state index contributed by atoms with van der Waals surface area (Å²) in [4.78, 5) is 12.1. The molecular weight excluding hydrogens is 326 g/mol. The topological polar surface area (TPSA) is 71.6 Å². The predicted octanol–water partition coefficient (Wildman–Crippen LogP) is 2.61. The molecule has 3 N–H and O–H groups in total. The average molecular weight is 343 g/mol. The smallest absolute Gasteiger partial charge is 0.269 e. The van der Waals surface area contributed by atoms with Gasteiger partial charge in [0.2, 0.25) is 6.79 Å². The van der Waals surface area contributed by atoms with Gasteiger partial charge in [-0.2, -0.15) is 0 Å². The number of rotatable bonds is 3. The molecule has 1 aliphatic heterocycles. The van der Waals surface area contributed by atoms with Crippen LogP contribution in [0.15, 0.2) is 42.5 Å². The number of amides is 1. The third-order valence-corrected chi connectivity index (χ3v) is 3.75. The fourth-order valence-electron chi connectivity index (χ4n) is 2.21. The van der Waals surface area contributed by atoms with Crippen LogP contribution in [0.4, 0.5) is 5.69 Å². The normalized spacial score (nSPS) is 11.7. The van der Waals surface area contributed by atoms with E-state index in [0.29, 0.717) is 22.2 Å². The molecule has 6 nitrogen and oxygen atoms in total. The van der Waals surface area contributed by atoms with E-state index in [4.69, 9.17) is 21.7 Å². The summed E-state index contributed by atoms with van der Waals surface area (Å²) in [6.45, 7) is 2.27. The highest BCUT2D eigenvalue weighted by Gasteiger charge is 2.16. The number of benzene rings is 2. The van der Waals surface area contributed by atoms with E-state index in [2.05, 4.69) is 23.1 Å². The molecule has 1 aliphatic rings. The van der Waals surface area contributed by atoms with Crippen molar-refractivity contribution >= 4 is 28.9 Å². The van der Waals surface area contributed by atoms with Crippen molar-refractivity contribution in [1.82, 2.24) is 10.9 Å². The zero-order valence-electron chi connectivity index (χ0n) is 13.1. The van der Waals surface area contributed by atoms with Crippen molar-refractivity contribution in [1.29, 1.82) is 0 Å². The van der Waals surface area contributed by atoms with E-state index in [1.165, 1.54) is 5.56 Å². The van der Waals surface area contributed by atoms with Gasteiger partial charge in [0.15, 0.2) is 16.6 Å². The molecule has 0 aliphatic carbocycles. The monoisotopic (exact) mass is 343 g/mol. The standard InChI is InChI=1S/C17H17N3O3S/c1-2-11-3-6-13(7-4-11)18-17(24)20-19-16(21)12-5-8-14-15(9-12)23-10-22-14/h3-9H,2,10H2,1H3,(H,19,21)(H2,18,20,24). The number of carbonyl (C=O) groups excluding carboxylic acids is 1. The summed E-state index contributed by atoms with van der Waals surface area (Å²) >= 11 is 5.16. The number of fused-ring (bicyclic) bond motifs is 1. The van der Waals surface area contributed by atoms with Gasteiger partial charge >= 0.3 is 0 Å². The molecule has 0 spiro atoms. The Bertz CT molecular complexity index is 762. The van der Waals surface area contributed by atoms with Crippen LogP contribution in [-0.4, -0.2) is 17.8 Å². The van der Waals surface area contributed by atoms with Crippen LogP contribution in [-0.2, 0) is 6.42 Å². The van der Waals surface area contributed by atoms with Gasteiger partial charge in [0.05, 0.1) is 0 Å². The van der Waals surface area contributed by atoms with Gasteiger partial charge in [0.25, 0.3) is 5.91 Å². The highest BCUT2D eigenvalue weighted by molar-refractivity contribution is 7.80. The second-order valence-corrected chi connectivity index (χ2v) is 5.56. The Morgan fingerprint density at radius 3 is 2.58 bits per heavy atom. The molecular formula is C17H17N3O3S. The summed E-state index contributed by atoms with van der Waals surface area (Å²) < 4.78 is 10.5. The maximum atomic E-state index is 12.1. The number of hydrogen-bond acceptors (Lipinski definition) is 4. The van der Waals surface area contributed by atoms with Crippen molar-refractivity contribution in [3.8, 4) is 11.5 Å². The van der Waals surface area contributed by atoms with Crippen LogP contribution in [0, 0.1) is 0 Å². The van der Waals surface area contributed by atoms with E-state index in [9.17, 15) is 4.79 Å². The Kier molecular flexibility index (Phi) is 4.81. The molecule has 0 atom stereocenters. The van der Waals surface area contributed by atoms with Crippen molar-refractivity contribution in [2.75, 3.05) is 12.1 Å². The number of hydrogen-bond donors (Lipinski definition) is 3. The van der Waals surface area contributed by atoms with Gasteiger partial charge in [-0.05, 0) is 54.5 Å². The Morgan fingerprint density at radius 1 is 1.08 bits per heavy atom. The van der Waals surface area contributed by atoms with Gasteiger partial charge in [0.1, 0.15) is 0 Å². The van der Waals surface area contributed by atoms with Gasteiger partial charge in [-0.3, -0.25) is 15.6 Å². The molecule has 0 fully saturated rings. The van der Waals surface area contributed by atoms with E-state index < -0.39 is 0 Å². The number of anilines is 1. The van der Waals surface area contributed by atoms with Crippen LogP contribution >= 0.6 is 12.2 Å². The quantitative estimate of drug-likeness (QED) is 0.588. The lowest BCUT2D eigenvalue weighted by atomic mass is 10.1. The molecule has 1 heterocycles. The molecule has 0 saturated carbocycles. The lowest BCUT2D eigenvalue weighted by Crippen LogP contribution is -2.43. The summed E-state index contributed by atoms with van der Waals surface area (Å²) in [5, 5.41) is 3.30. The molecule has 0 saturated heterocycles. The second-order valence-electron chi connectivity index (χ2n) is 5.15. The number of nitrogens with one attached hydrogen (secondary N) is 3. The third kappa shape index (κ3) is 3.75. The lowest BCUT2D eigenvalue weighted by Gasteiger charge is -2.12. The lowest BCUT2D eigenvalue weighted by molar-refractivity contribution is 0.0943. The number of carbonyl (C=O) groups is 1. The summed E-state index contributed by atoms with van der Waals surface area (Å²) in [6, 6.07) is 12.9. The van der Waals surface area contributed by atoms with E-state index in [1.54, 1.807) is 18.2 Å². The summed E-state index contributed by atoms with van der Waals surface area (Å²) in [7, 11) is 0. The predicted molar refractivity (Wildman–Crippen MR) is 95.2 cm³/mol. The molecule has 24 heavy (non-hydrogen) atoms. The van der Waals surface area contributed by atoms with E-state index >= 15 is 0 Å². The van der Waals surface area contributed by atoms with E-state index in [0.717, 1.165) is 12.1 Å². The first-order chi connectivity index (χ1) is 11.7. The molecule has 0 aromatic heterocycles. The van der Waals surface area contributed by atoms with Crippen LogP contribution < -0.4 is 25.6 Å². The van der Waals surface area contributed by atoms with Crippen LogP contribution in [0.1, 0.15) is 22.8 Å². The fraction of sp³-hybridized carbons (Fsp3) is 0.176. The molecule has 0 unspecified atom stereocenters. The molecule has 0 bridgehead atoms. The van der Waals surface area contributed by atoms with E-state index in [-0.39, 0.29) is 12.7 Å². The van der Waals surface area contributed by atoms with Gasteiger partial charge in [-0.15, -0.1) is 0 Å². The maximum absolute atomic E-state index is 12.1. The molecule has 0 radical (unpaired) electrons. The summed E-state index contributed by atoms with van der Waals surface area (Å²) in [6.07, 6.45) is 0.981.